The molecule has 0 amide bonds. The van der Waals surface area contributed by atoms with Gasteiger partial charge < -0.3 is 14.6 Å². The van der Waals surface area contributed by atoms with Crippen molar-refractivity contribution in [2.24, 2.45) is 0 Å². The number of rotatable bonds is 2. The SMILES string of the molecule is O=C(O)/C=C/c1coc2ccc([O-])cc2c1=O. The van der Waals surface area contributed by atoms with Gasteiger partial charge in [-0.3, -0.25) is 4.79 Å². The third-order valence-electron chi connectivity index (χ3n) is 2.18. The number of hydrogen-bond acceptors (Lipinski definition) is 4. The Kier molecular flexibility index (Phi) is 2.66. The molecule has 0 unspecified atom stereocenters. The molecule has 0 bridgehead atoms. The molecule has 0 fully saturated rings. The normalized spacial score (nSPS) is 11.1. The minimum atomic E-state index is -1.16. The van der Waals surface area contributed by atoms with Crippen molar-refractivity contribution < 1.29 is 19.4 Å². The highest BCUT2D eigenvalue weighted by Gasteiger charge is 2.04. The first-order valence-corrected chi connectivity index (χ1v) is 4.71. The molecule has 5 heteroatoms. The Balaban J connectivity index is 2.65. The molecule has 0 radical (unpaired) electrons. The number of benzene rings is 1. The average molecular weight is 231 g/mol. The zero-order valence-electron chi connectivity index (χ0n) is 8.54. The van der Waals surface area contributed by atoms with Crippen LogP contribution in [0.2, 0.25) is 0 Å². The third-order valence-corrected chi connectivity index (χ3v) is 2.18. The van der Waals surface area contributed by atoms with Crippen molar-refractivity contribution in [1.82, 2.24) is 0 Å². The van der Waals surface area contributed by atoms with Gasteiger partial charge in [0.05, 0.1) is 10.9 Å². The van der Waals surface area contributed by atoms with Crippen LogP contribution in [-0.2, 0) is 4.79 Å². The molecule has 17 heavy (non-hydrogen) atoms. The van der Waals surface area contributed by atoms with E-state index < -0.39 is 11.4 Å². The van der Waals surface area contributed by atoms with Crippen molar-refractivity contribution in [2.45, 2.75) is 0 Å². The minimum Gasteiger partial charge on any atom is -0.872 e. The molecule has 2 aromatic rings. The second-order valence-corrected chi connectivity index (χ2v) is 3.35. The summed E-state index contributed by atoms with van der Waals surface area (Å²) in [7, 11) is 0. The van der Waals surface area contributed by atoms with Crippen molar-refractivity contribution in [2.75, 3.05) is 0 Å². The Labute approximate surface area is 95.2 Å². The second-order valence-electron chi connectivity index (χ2n) is 3.35. The molecule has 0 aliphatic carbocycles. The van der Waals surface area contributed by atoms with Crippen LogP contribution >= 0.6 is 0 Å². The van der Waals surface area contributed by atoms with Crippen LogP contribution < -0.4 is 10.5 Å². The topological polar surface area (TPSA) is 90.6 Å². The van der Waals surface area contributed by atoms with Crippen molar-refractivity contribution in [3.63, 3.8) is 0 Å². The van der Waals surface area contributed by atoms with Gasteiger partial charge in [0.2, 0.25) is 0 Å². The van der Waals surface area contributed by atoms with E-state index in [0.717, 1.165) is 18.4 Å². The van der Waals surface area contributed by atoms with Gasteiger partial charge in [0, 0.05) is 6.08 Å². The molecule has 0 spiro atoms. The van der Waals surface area contributed by atoms with Gasteiger partial charge in [0.15, 0.2) is 5.43 Å². The lowest BCUT2D eigenvalue weighted by atomic mass is 10.1. The predicted molar refractivity (Wildman–Crippen MR) is 58.6 cm³/mol. The summed E-state index contributed by atoms with van der Waals surface area (Å²) in [5, 5.41) is 19.7. The van der Waals surface area contributed by atoms with E-state index in [-0.39, 0.29) is 16.7 Å². The van der Waals surface area contributed by atoms with Gasteiger partial charge in [-0.25, -0.2) is 4.79 Å². The fourth-order valence-corrected chi connectivity index (χ4v) is 1.40. The molecule has 1 N–H and O–H groups in total. The molecule has 0 atom stereocenters. The first kappa shape index (κ1) is 10.9. The van der Waals surface area contributed by atoms with Crippen molar-refractivity contribution in [3.8, 4) is 5.75 Å². The third kappa shape index (κ3) is 2.17. The van der Waals surface area contributed by atoms with E-state index in [2.05, 4.69) is 0 Å². The van der Waals surface area contributed by atoms with Crippen LogP contribution in [0.1, 0.15) is 5.56 Å². The highest BCUT2D eigenvalue weighted by Crippen LogP contribution is 2.16. The van der Waals surface area contributed by atoms with E-state index in [1.165, 1.54) is 18.2 Å². The molecule has 0 saturated carbocycles. The molecule has 1 aromatic carbocycles. The van der Waals surface area contributed by atoms with Crippen LogP contribution in [0, 0.1) is 0 Å². The van der Waals surface area contributed by atoms with Gasteiger partial charge in [-0.05, 0) is 12.1 Å². The summed E-state index contributed by atoms with van der Waals surface area (Å²) in [6.45, 7) is 0. The summed E-state index contributed by atoms with van der Waals surface area (Å²) < 4.78 is 5.13. The number of carbonyl (C=O) groups is 1. The molecule has 0 aliphatic rings. The molecule has 1 heterocycles. The fourth-order valence-electron chi connectivity index (χ4n) is 1.40. The van der Waals surface area contributed by atoms with Crippen LogP contribution in [0.5, 0.6) is 5.75 Å². The van der Waals surface area contributed by atoms with Gasteiger partial charge in [-0.1, -0.05) is 12.1 Å². The van der Waals surface area contributed by atoms with Gasteiger partial charge in [0.25, 0.3) is 0 Å². The van der Waals surface area contributed by atoms with Crippen LogP contribution in [0.15, 0.2) is 39.7 Å². The number of carboxylic acids is 1. The maximum absolute atomic E-state index is 11.9. The molecular weight excluding hydrogens is 224 g/mol. The zero-order chi connectivity index (χ0) is 12.4. The quantitative estimate of drug-likeness (QED) is 0.777. The summed E-state index contributed by atoms with van der Waals surface area (Å²) in [5.74, 6) is -1.47. The first-order valence-electron chi connectivity index (χ1n) is 4.71. The smallest absolute Gasteiger partial charge is 0.328 e. The van der Waals surface area contributed by atoms with Crippen molar-refractivity contribution >= 4 is 23.0 Å². The van der Waals surface area contributed by atoms with Gasteiger partial charge in [-0.2, -0.15) is 0 Å². The molecule has 5 nitrogen and oxygen atoms in total. The first-order chi connectivity index (χ1) is 8.08. The summed E-state index contributed by atoms with van der Waals surface area (Å²) >= 11 is 0. The number of aliphatic carboxylic acids is 1. The van der Waals surface area contributed by atoms with E-state index >= 15 is 0 Å². The molecule has 86 valence electrons. The van der Waals surface area contributed by atoms with Crippen molar-refractivity contribution in [1.29, 1.82) is 0 Å². The van der Waals surface area contributed by atoms with E-state index in [4.69, 9.17) is 9.52 Å². The van der Waals surface area contributed by atoms with E-state index in [1.807, 2.05) is 0 Å². The van der Waals surface area contributed by atoms with E-state index in [9.17, 15) is 14.7 Å². The van der Waals surface area contributed by atoms with Crippen LogP contribution in [0.25, 0.3) is 17.0 Å². The minimum absolute atomic E-state index is 0.0884. The maximum atomic E-state index is 11.9. The van der Waals surface area contributed by atoms with Crippen LogP contribution in [0.4, 0.5) is 0 Å². The average Bonchev–Trinajstić information content (AvgIpc) is 2.29. The fraction of sp³-hybridized carbons (Fsp3) is 0. The van der Waals surface area contributed by atoms with Gasteiger partial charge in [-0.15, -0.1) is 5.75 Å². The number of fused-ring (bicyclic) bond motifs is 1. The Hall–Kier alpha value is -2.56. The number of hydrogen-bond donors (Lipinski definition) is 1. The predicted octanol–water partition coefficient (Wildman–Crippen LogP) is 0.964. The van der Waals surface area contributed by atoms with Crippen molar-refractivity contribution in [3.05, 3.63) is 46.3 Å². The molecule has 1 aromatic heterocycles. The molecule has 0 aliphatic heterocycles. The lowest BCUT2D eigenvalue weighted by molar-refractivity contribution is -0.268. The summed E-state index contributed by atoms with van der Waals surface area (Å²) in [4.78, 5) is 22.2. The highest BCUT2D eigenvalue weighted by atomic mass is 16.4. The standard InChI is InChI=1S/C12H8O5/c13-8-2-3-10-9(5-8)12(16)7(6-17-10)1-4-11(14)15/h1-6,13H,(H,14,15)/p-1/b4-1+. The van der Waals surface area contributed by atoms with E-state index in [0.29, 0.717) is 5.58 Å². The lowest BCUT2D eigenvalue weighted by Gasteiger charge is -2.05. The Morgan fingerprint density at radius 3 is 2.88 bits per heavy atom. The highest BCUT2D eigenvalue weighted by molar-refractivity contribution is 5.86. The molecular formula is C12H7O5-. The summed E-state index contributed by atoms with van der Waals surface area (Å²) in [6.07, 6.45) is 3.12. The Bertz CT molecular complexity index is 666. The largest absolute Gasteiger partial charge is 0.872 e. The zero-order valence-corrected chi connectivity index (χ0v) is 8.54. The van der Waals surface area contributed by atoms with Crippen LogP contribution in [-0.4, -0.2) is 11.1 Å². The number of carboxylic acid groups (broad SMARTS) is 1. The van der Waals surface area contributed by atoms with Gasteiger partial charge in [0.1, 0.15) is 11.8 Å². The molecule has 2 rings (SSSR count). The monoisotopic (exact) mass is 231 g/mol. The van der Waals surface area contributed by atoms with E-state index in [1.54, 1.807) is 0 Å². The van der Waals surface area contributed by atoms with Gasteiger partial charge >= 0.3 is 5.97 Å². The second kappa shape index (κ2) is 4.13. The summed E-state index contributed by atoms with van der Waals surface area (Å²) in [5.41, 5.74) is -0.0472. The lowest BCUT2D eigenvalue weighted by Crippen LogP contribution is -2.05. The van der Waals surface area contributed by atoms with Crippen LogP contribution in [0.3, 0.4) is 0 Å². The summed E-state index contributed by atoms with van der Waals surface area (Å²) in [6, 6.07) is 3.86. The Morgan fingerprint density at radius 1 is 1.41 bits per heavy atom. The maximum Gasteiger partial charge on any atom is 0.328 e. The Morgan fingerprint density at radius 2 is 2.18 bits per heavy atom. The molecule has 0 saturated heterocycles.